The summed E-state index contributed by atoms with van der Waals surface area (Å²) >= 11 is 6.49. The summed E-state index contributed by atoms with van der Waals surface area (Å²) in [6.45, 7) is 9.06. The molecule has 4 aromatic rings. The summed E-state index contributed by atoms with van der Waals surface area (Å²) in [5.41, 5.74) is 3.98. The van der Waals surface area contributed by atoms with Crippen molar-refractivity contribution in [3.63, 3.8) is 0 Å². The third-order valence-corrected chi connectivity index (χ3v) is 8.64. The van der Waals surface area contributed by atoms with Crippen molar-refractivity contribution in [1.82, 2.24) is 19.9 Å². The Morgan fingerprint density at radius 3 is 2.30 bits per heavy atom. The van der Waals surface area contributed by atoms with Crippen molar-refractivity contribution >= 4 is 34.7 Å². The minimum Gasteiger partial charge on any atom is -0.449 e. The number of carbonyl (C=O) groups is 2. The van der Waals surface area contributed by atoms with E-state index in [4.69, 9.17) is 26.1 Å². The van der Waals surface area contributed by atoms with Gasteiger partial charge in [0.05, 0.1) is 28.5 Å². The maximum atomic E-state index is 14.1. The lowest BCUT2D eigenvalue weighted by Gasteiger charge is -2.30. The zero-order chi connectivity index (χ0) is 32.6. The predicted octanol–water partition coefficient (Wildman–Crippen LogP) is 6.23. The first-order valence-electron chi connectivity index (χ1n) is 15.6. The maximum Gasteiger partial charge on any atom is 0.410 e. The van der Waals surface area contributed by atoms with Crippen LogP contribution in [0.3, 0.4) is 0 Å². The van der Waals surface area contributed by atoms with Crippen LogP contribution in [0.1, 0.15) is 63.0 Å². The van der Waals surface area contributed by atoms with Gasteiger partial charge < -0.3 is 24.7 Å². The molecule has 0 radical (unpaired) electrons. The average molecular weight is 644 g/mol. The van der Waals surface area contributed by atoms with Crippen molar-refractivity contribution in [2.24, 2.45) is 0 Å². The first-order chi connectivity index (χ1) is 22.0. The van der Waals surface area contributed by atoms with E-state index in [2.05, 4.69) is 29.6 Å². The molecule has 1 unspecified atom stereocenters. The van der Waals surface area contributed by atoms with Crippen molar-refractivity contribution in [3.8, 4) is 11.1 Å². The van der Waals surface area contributed by atoms with Crippen LogP contribution in [0.2, 0.25) is 5.02 Å². The lowest BCUT2D eigenvalue weighted by atomic mass is 9.98. The van der Waals surface area contributed by atoms with Crippen LogP contribution in [0.15, 0.2) is 71.5 Å². The van der Waals surface area contributed by atoms with Gasteiger partial charge in [-0.2, -0.15) is 0 Å². The SMILES string of the molecule is CC(NC(=O)OCC1c2ccccc2-c2ccccc21)c1nc2cccc(Cl)c2c(=O)n1N1CCCN(C(=O)OC(C)(C)C)CC1. The van der Waals surface area contributed by atoms with E-state index in [1.54, 1.807) is 30.0 Å². The van der Waals surface area contributed by atoms with Crippen LogP contribution in [0.25, 0.3) is 22.0 Å². The number of carbonyl (C=O) groups excluding carboxylic acids is 2. The number of rotatable bonds is 5. The number of nitrogens with zero attached hydrogens (tertiary/aromatic N) is 4. The number of alkyl carbamates (subject to hydrolysis) is 1. The third-order valence-electron chi connectivity index (χ3n) is 8.32. The maximum absolute atomic E-state index is 14.1. The van der Waals surface area contributed by atoms with Crippen LogP contribution in [0.4, 0.5) is 9.59 Å². The highest BCUT2D eigenvalue weighted by Crippen LogP contribution is 2.44. The molecule has 11 heteroatoms. The number of fused-ring (bicyclic) bond motifs is 4. The lowest BCUT2D eigenvalue weighted by Crippen LogP contribution is -2.48. The van der Waals surface area contributed by atoms with Gasteiger partial charge in [-0.05, 0) is 68.5 Å². The molecule has 46 heavy (non-hydrogen) atoms. The second kappa shape index (κ2) is 12.7. The number of nitrogens with one attached hydrogen (secondary N) is 1. The smallest absolute Gasteiger partial charge is 0.410 e. The van der Waals surface area contributed by atoms with E-state index in [0.717, 1.165) is 22.3 Å². The summed E-state index contributed by atoms with van der Waals surface area (Å²) in [6.07, 6.45) is -0.417. The second-order valence-corrected chi connectivity index (χ2v) is 13.1. The Bertz CT molecular complexity index is 1810. The van der Waals surface area contributed by atoms with Gasteiger partial charge in [-0.25, -0.2) is 19.2 Å². The van der Waals surface area contributed by atoms with Gasteiger partial charge in [-0.1, -0.05) is 66.2 Å². The van der Waals surface area contributed by atoms with Crippen molar-refractivity contribution in [1.29, 1.82) is 0 Å². The number of hydrogen-bond donors (Lipinski definition) is 1. The van der Waals surface area contributed by atoms with Crippen LogP contribution in [-0.4, -0.2) is 65.1 Å². The Hall–Kier alpha value is -4.57. The zero-order valence-electron chi connectivity index (χ0n) is 26.5. The van der Waals surface area contributed by atoms with E-state index in [-0.39, 0.29) is 28.5 Å². The number of benzene rings is 3. The van der Waals surface area contributed by atoms with Gasteiger partial charge in [0.1, 0.15) is 12.2 Å². The van der Waals surface area contributed by atoms with Gasteiger partial charge in [0.25, 0.3) is 5.56 Å². The van der Waals surface area contributed by atoms with Crippen molar-refractivity contribution in [3.05, 3.63) is 99.1 Å². The van der Waals surface area contributed by atoms with E-state index in [0.29, 0.717) is 43.9 Å². The predicted molar refractivity (Wildman–Crippen MR) is 178 cm³/mol. The Kier molecular flexibility index (Phi) is 8.65. The Morgan fingerprint density at radius 1 is 0.957 bits per heavy atom. The van der Waals surface area contributed by atoms with E-state index in [1.165, 1.54) is 4.68 Å². The molecule has 0 bridgehead atoms. The number of ether oxygens (including phenoxy) is 2. The van der Waals surface area contributed by atoms with Crippen LogP contribution < -0.4 is 15.9 Å². The summed E-state index contributed by atoms with van der Waals surface area (Å²) in [5, 5.41) is 5.33. The number of amides is 2. The fraction of sp³-hybridized carbons (Fsp3) is 0.371. The molecule has 1 aliphatic carbocycles. The lowest BCUT2D eigenvalue weighted by molar-refractivity contribution is 0.0262. The Labute approximate surface area is 272 Å². The van der Waals surface area contributed by atoms with Crippen LogP contribution >= 0.6 is 11.6 Å². The van der Waals surface area contributed by atoms with Gasteiger partial charge in [-0.3, -0.25) is 4.79 Å². The van der Waals surface area contributed by atoms with E-state index < -0.39 is 23.8 Å². The third kappa shape index (κ3) is 6.26. The molecule has 10 nitrogen and oxygen atoms in total. The van der Waals surface area contributed by atoms with Crippen LogP contribution in [0, 0.1) is 0 Å². The molecule has 1 N–H and O–H groups in total. The van der Waals surface area contributed by atoms with Crippen LogP contribution in [-0.2, 0) is 9.47 Å². The highest BCUT2D eigenvalue weighted by Gasteiger charge is 2.31. The highest BCUT2D eigenvalue weighted by atomic mass is 35.5. The minimum absolute atomic E-state index is 0.0856. The van der Waals surface area contributed by atoms with E-state index in [9.17, 15) is 14.4 Å². The molecule has 1 atom stereocenters. The summed E-state index contributed by atoms with van der Waals surface area (Å²) in [4.78, 5) is 46.6. The first-order valence-corrected chi connectivity index (χ1v) is 16.0. The molecule has 0 spiro atoms. The van der Waals surface area contributed by atoms with Gasteiger partial charge in [0.2, 0.25) is 0 Å². The van der Waals surface area contributed by atoms with Crippen molar-refractivity contribution < 1.29 is 19.1 Å². The Balaban J connectivity index is 1.24. The molecule has 1 fully saturated rings. The largest absolute Gasteiger partial charge is 0.449 e. The molecule has 1 aromatic heterocycles. The molecule has 1 aliphatic heterocycles. The number of halogens is 1. The second-order valence-electron chi connectivity index (χ2n) is 12.7. The van der Waals surface area contributed by atoms with Gasteiger partial charge in [0, 0.05) is 25.6 Å². The first kappa shape index (κ1) is 31.4. The molecular weight excluding hydrogens is 606 g/mol. The van der Waals surface area contributed by atoms with Gasteiger partial charge >= 0.3 is 12.2 Å². The molecule has 1 saturated heterocycles. The van der Waals surface area contributed by atoms with Gasteiger partial charge in [0.15, 0.2) is 5.82 Å². The highest BCUT2D eigenvalue weighted by molar-refractivity contribution is 6.35. The summed E-state index contributed by atoms with van der Waals surface area (Å²) in [5.74, 6) is 0.247. The van der Waals surface area contributed by atoms with Crippen molar-refractivity contribution in [2.45, 2.75) is 51.7 Å². The molecule has 3 aromatic carbocycles. The van der Waals surface area contributed by atoms with E-state index >= 15 is 0 Å². The van der Waals surface area contributed by atoms with Gasteiger partial charge in [-0.15, -0.1) is 0 Å². The number of aromatic nitrogens is 2. The van der Waals surface area contributed by atoms with E-state index in [1.807, 2.05) is 50.0 Å². The summed E-state index contributed by atoms with van der Waals surface area (Å²) < 4.78 is 12.9. The standard InChI is InChI=1S/C35H38ClN5O5/c1-22(37-33(43)45-21-27-25-13-7-5-11-23(25)24-12-6-8-14-26(24)27)31-38-29-16-9-15-28(36)30(29)32(42)41(31)40-18-10-17-39(19-20-40)34(44)46-35(2,3)4/h5-9,11-16,22,27H,10,17-21H2,1-4H3,(H,37,43). The summed E-state index contributed by atoms with van der Waals surface area (Å²) in [7, 11) is 0. The summed E-state index contributed by atoms with van der Waals surface area (Å²) in [6, 6.07) is 20.7. The zero-order valence-corrected chi connectivity index (χ0v) is 27.2. The normalized spacial score (nSPS) is 15.6. The monoisotopic (exact) mass is 643 g/mol. The molecule has 0 saturated carbocycles. The molecule has 2 heterocycles. The minimum atomic E-state index is -0.697. The fourth-order valence-electron chi connectivity index (χ4n) is 6.25. The molecule has 6 rings (SSSR count). The molecular formula is C35H38ClN5O5. The molecule has 240 valence electrons. The molecule has 2 amide bonds. The van der Waals surface area contributed by atoms with Crippen molar-refractivity contribution in [2.75, 3.05) is 37.8 Å². The fourth-order valence-corrected chi connectivity index (χ4v) is 6.50. The topological polar surface area (TPSA) is 106 Å². The Morgan fingerprint density at radius 2 is 1.63 bits per heavy atom. The number of hydrogen-bond acceptors (Lipinski definition) is 7. The average Bonchev–Trinajstić information content (AvgIpc) is 3.13. The van der Waals surface area contributed by atoms with Crippen LogP contribution in [0.5, 0.6) is 0 Å². The quantitative estimate of drug-likeness (QED) is 0.275. The molecule has 2 aliphatic rings.